The van der Waals surface area contributed by atoms with Crippen LogP contribution in [0.5, 0.6) is 17.2 Å². The molecule has 0 bridgehead atoms. The molecule has 0 aromatic heterocycles. The Morgan fingerprint density at radius 3 is 1.07 bits per heavy atom. The Hall–Kier alpha value is -2.76. The zero-order valence-corrected chi connectivity index (χ0v) is 18.8. The van der Waals surface area contributed by atoms with Crippen LogP contribution >= 0.6 is 0 Å². The van der Waals surface area contributed by atoms with E-state index in [1.807, 2.05) is 36.4 Å². The minimum Gasteiger partial charge on any atom is -0.497 e. The first kappa shape index (κ1) is 20.0. The highest BCUT2D eigenvalue weighted by atomic mass is 28.2. The summed E-state index contributed by atoms with van der Waals surface area (Å²) in [6, 6.07) is 24.6. The molecule has 0 fully saturated rings. The molecule has 3 rings (SSSR count). The van der Waals surface area contributed by atoms with Gasteiger partial charge in [-0.15, -0.1) is 0 Å². The third-order valence-corrected chi connectivity index (χ3v) is 5.40. The summed E-state index contributed by atoms with van der Waals surface area (Å²) in [6.07, 6.45) is 0. The minimum atomic E-state index is -0.452. The van der Waals surface area contributed by atoms with Crippen molar-refractivity contribution in [2.45, 2.75) is 5.41 Å². The van der Waals surface area contributed by atoms with E-state index in [2.05, 4.69) is 36.4 Å². The van der Waals surface area contributed by atoms with Gasteiger partial charge in [-0.05, 0) is 53.1 Å². The first-order valence-electron chi connectivity index (χ1n) is 9.10. The van der Waals surface area contributed by atoms with Crippen molar-refractivity contribution in [2.75, 3.05) is 27.9 Å². The Labute approximate surface area is 169 Å². The van der Waals surface area contributed by atoms with E-state index in [0.29, 0.717) is 17.1 Å². The second-order valence-corrected chi connectivity index (χ2v) is 7.10. The molecule has 5 heteroatoms. The van der Waals surface area contributed by atoms with Crippen LogP contribution in [-0.2, 0) is 9.84 Å². The molecule has 0 saturated heterocycles. The van der Waals surface area contributed by atoms with Crippen LogP contribution < -0.4 is 14.2 Å². The molecule has 28 heavy (non-hydrogen) atoms. The number of hydrogen-bond acceptors (Lipinski definition) is 4. The Morgan fingerprint density at radius 1 is 0.571 bits per heavy atom. The predicted octanol–water partition coefficient (Wildman–Crippen LogP) is 3.34. The average Bonchev–Trinajstić information content (AvgIpc) is 2.78. The van der Waals surface area contributed by atoms with Crippen LogP contribution in [0.2, 0.25) is 0 Å². The van der Waals surface area contributed by atoms with Crippen molar-refractivity contribution in [2.24, 2.45) is 0 Å². The topological polar surface area (TPSA) is 36.9 Å². The highest BCUT2D eigenvalue weighted by Crippen LogP contribution is 2.41. The third-order valence-electron chi connectivity index (χ3n) is 5.11. The van der Waals surface area contributed by atoms with Gasteiger partial charge in [0.2, 0.25) is 0 Å². The minimum absolute atomic E-state index is 0.452. The smallest absolute Gasteiger partial charge is 0.146 e. The molecule has 0 atom stereocenters. The quantitative estimate of drug-likeness (QED) is 0.434. The SMILES string of the molecule is COc1ccc(C(CO[SiH3])(c2ccc(OC)cc2)c2ccc(OC)cc2)cc1. The molecule has 0 aliphatic rings. The van der Waals surface area contributed by atoms with E-state index in [1.165, 1.54) is 0 Å². The number of hydrogen-bond donors (Lipinski definition) is 0. The molecule has 0 unspecified atom stereocenters. The van der Waals surface area contributed by atoms with Crippen molar-refractivity contribution < 1.29 is 18.6 Å². The van der Waals surface area contributed by atoms with Crippen LogP contribution in [0.1, 0.15) is 16.7 Å². The molecular weight excluding hydrogens is 368 g/mol. The van der Waals surface area contributed by atoms with Crippen molar-refractivity contribution in [1.82, 2.24) is 0 Å². The molecule has 0 radical (unpaired) electrons. The van der Waals surface area contributed by atoms with Crippen molar-refractivity contribution in [3.05, 3.63) is 89.5 Å². The van der Waals surface area contributed by atoms with E-state index in [9.17, 15) is 0 Å². The maximum atomic E-state index is 5.89. The van der Waals surface area contributed by atoms with Crippen molar-refractivity contribution in [3.8, 4) is 17.2 Å². The molecule has 3 aromatic carbocycles. The Morgan fingerprint density at radius 2 is 0.857 bits per heavy atom. The van der Waals surface area contributed by atoms with Gasteiger partial charge in [0.1, 0.15) is 27.7 Å². The van der Waals surface area contributed by atoms with E-state index >= 15 is 0 Å². The molecule has 0 aliphatic heterocycles. The second-order valence-electron chi connectivity index (χ2n) is 6.52. The second kappa shape index (κ2) is 8.95. The number of rotatable bonds is 8. The maximum absolute atomic E-state index is 5.89. The molecule has 3 aromatic rings. The fourth-order valence-electron chi connectivity index (χ4n) is 3.59. The van der Waals surface area contributed by atoms with Gasteiger partial charge in [0, 0.05) is 0 Å². The van der Waals surface area contributed by atoms with Crippen LogP contribution in [0, 0.1) is 0 Å². The van der Waals surface area contributed by atoms with Crippen LogP contribution in [0.25, 0.3) is 0 Å². The van der Waals surface area contributed by atoms with Crippen molar-refractivity contribution >= 4 is 10.5 Å². The standard InChI is InChI=1S/C23H26O4Si/c1-24-20-10-4-17(5-11-20)23(16-27-28,18-6-12-21(25-2)13-7-18)19-8-14-22(26-3)15-9-19/h4-15H,16H2,1-3,28H3. The summed E-state index contributed by atoms with van der Waals surface area (Å²) in [7, 11) is 5.68. The lowest BCUT2D eigenvalue weighted by Gasteiger charge is -2.36. The zero-order chi connectivity index (χ0) is 20.0. The summed E-state index contributed by atoms with van der Waals surface area (Å²) >= 11 is 0. The largest absolute Gasteiger partial charge is 0.497 e. The van der Waals surface area contributed by atoms with Gasteiger partial charge in [0.05, 0.1) is 33.4 Å². The van der Waals surface area contributed by atoms with E-state index in [0.717, 1.165) is 33.9 Å². The first-order valence-corrected chi connectivity index (χ1v) is 9.92. The van der Waals surface area contributed by atoms with Gasteiger partial charge in [-0.2, -0.15) is 0 Å². The van der Waals surface area contributed by atoms with E-state index in [1.54, 1.807) is 21.3 Å². The lowest BCUT2D eigenvalue weighted by atomic mass is 9.70. The van der Waals surface area contributed by atoms with Gasteiger partial charge in [-0.1, -0.05) is 36.4 Å². The monoisotopic (exact) mass is 394 g/mol. The average molecular weight is 395 g/mol. The first-order chi connectivity index (χ1) is 13.7. The fraction of sp³-hybridized carbons (Fsp3) is 0.217. The fourth-order valence-corrected chi connectivity index (χ4v) is 4.03. The third kappa shape index (κ3) is 3.77. The van der Waals surface area contributed by atoms with E-state index in [4.69, 9.17) is 18.6 Å². The van der Waals surface area contributed by atoms with Crippen LogP contribution in [0.3, 0.4) is 0 Å². The lowest BCUT2D eigenvalue weighted by Crippen LogP contribution is -2.34. The van der Waals surface area contributed by atoms with E-state index in [-0.39, 0.29) is 0 Å². The highest BCUT2D eigenvalue weighted by Gasteiger charge is 2.36. The number of methoxy groups -OCH3 is 3. The maximum Gasteiger partial charge on any atom is 0.146 e. The molecule has 0 heterocycles. The summed E-state index contributed by atoms with van der Waals surface area (Å²) in [6.45, 7) is 0.546. The van der Waals surface area contributed by atoms with Crippen LogP contribution in [-0.4, -0.2) is 38.4 Å². The Kier molecular flexibility index (Phi) is 6.39. The van der Waals surface area contributed by atoms with Crippen LogP contribution in [0.4, 0.5) is 0 Å². The predicted molar refractivity (Wildman–Crippen MR) is 115 cm³/mol. The van der Waals surface area contributed by atoms with Crippen molar-refractivity contribution in [3.63, 3.8) is 0 Å². The Bertz CT molecular complexity index is 758. The van der Waals surface area contributed by atoms with Crippen molar-refractivity contribution in [1.29, 1.82) is 0 Å². The molecule has 0 saturated carbocycles. The van der Waals surface area contributed by atoms with Gasteiger partial charge in [-0.25, -0.2) is 0 Å². The number of benzene rings is 3. The normalized spacial score (nSPS) is 11.2. The summed E-state index contributed by atoms with van der Waals surface area (Å²) in [5, 5.41) is 0. The van der Waals surface area contributed by atoms with Gasteiger partial charge in [0.15, 0.2) is 0 Å². The van der Waals surface area contributed by atoms with Gasteiger partial charge in [0.25, 0.3) is 0 Å². The molecule has 0 spiro atoms. The molecular formula is C23H26O4Si. The molecule has 4 nitrogen and oxygen atoms in total. The molecule has 0 amide bonds. The summed E-state index contributed by atoms with van der Waals surface area (Å²) in [4.78, 5) is 0. The Balaban J connectivity index is 2.23. The zero-order valence-electron chi connectivity index (χ0n) is 16.8. The number of ether oxygens (including phenoxy) is 3. The summed E-state index contributed by atoms with van der Waals surface area (Å²) < 4.78 is 22.0. The summed E-state index contributed by atoms with van der Waals surface area (Å²) in [5.41, 5.74) is 2.96. The van der Waals surface area contributed by atoms with Gasteiger partial charge in [-0.3, -0.25) is 0 Å². The molecule has 146 valence electrons. The summed E-state index contributed by atoms with van der Waals surface area (Å²) in [5.74, 6) is 2.48. The highest BCUT2D eigenvalue weighted by molar-refractivity contribution is 5.98. The lowest BCUT2D eigenvalue weighted by molar-refractivity contribution is 0.288. The van der Waals surface area contributed by atoms with Gasteiger partial charge < -0.3 is 18.6 Å². The van der Waals surface area contributed by atoms with Gasteiger partial charge >= 0.3 is 0 Å². The molecule has 0 aliphatic carbocycles. The van der Waals surface area contributed by atoms with E-state index < -0.39 is 5.41 Å². The molecule has 0 N–H and O–H groups in total. The van der Waals surface area contributed by atoms with Crippen LogP contribution in [0.15, 0.2) is 72.8 Å².